The van der Waals surface area contributed by atoms with Crippen LogP contribution < -0.4 is 2.81 Å². The van der Waals surface area contributed by atoms with E-state index in [2.05, 4.69) is 32.9 Å². The monoisotopic (exact) mass is 142 g/mol. The van der Waals surface area contributed by atoms with Gasteiger partial charge in [-0.25, -0.2) is 0 Å². The first-order chi connectivity index (χ1) is 4.61. The van der Waals surface area contributed by atoms with Gasteiger partial charge in [0, 0.05) is 0 Å². The number of hydrogen-bond acceptors (Lipinski definition) is 0. The van der Waals surface area contributed by atoms with Crippen LogP contribution in [0.25, 0.3) is 0 Å². The van der Waals surface area contributed by atoms with Crippen molar-refractivity contribution in [1.82, 2.24) is 0 Å². The SMILES string of the molecule is Cc1cc(C)[c]([Na])c(C)c1. The standard InChI is InChI=1S/C9H11.Na/c1-7-4-8(2)6-9(3)5-7;/h4-5H,1-3H3;. The summed E-state index contributed by atoms with van der Waals surface area (Å²) in [5, 5.41) is 0. The number of hydrogen-bond donors (Lipinski definition) is 0. The first kappa shape index (κ1) is 8.32. The Bertz CT molecular complexity index is 228. The summed E-state index contributed by atoms with van der Waals surface area (Å²) >= 11 is 1.18. The fourth-order valence-electron chi connectivity index (χ4n) is 1.25. The molecule has 0 amide bonds. The van der Waals surface area contributed by atoms with Crippen molar-refractivity contribution in [2.75, 3.05) is 0 Å². The van der Waals surface area contributed by atoms with Gasteiger partial charge in [0.2, 0.25) is 0 Å². The molecule has 0 aliphatic carbocycles. The quantitative estimate of drug-likeness (QED) is 0.480. The van der Waals surface area contributed by atoms with Crippen LogP contribution in [0.15, 0.2) is 12.1 Å². The van der Waals surface area contributed by atoms with Crippen LogP contribution in [0.4, 0.5) is 0 Å². The van der Waals surface area contributed by atoms with Crippen LogP contribution in [0.1, 0.15) is 16.7 Å². The van der Waals surface area contributed by atoms with Crippen LogP contribution in [0, 0.1) is 20.8 Å². The van der Waals surface area contributed by atoms with Gasteiger partial charge in [-0.1, -0.05) is 0 Å². The van der Waals surface area contributed by atoms with Gasteiger partial charge in [-0.2, -0.15) is 0 Å². The van der Waals surface area contributed by atoms with E-state index in [-0.39, 0.29) is 0 Å². The maximum atomic E-state index is 2.26. The van der Waals surface area contributed by atoms with E-state index >= 15 is 0 Å². The van der Waals surface area contributed by atoms with Crippen molar-refractivity contribution in [3.8, 4) is 0 Å². The van der Waals surface area contributed by atoms with Crippen LogP contribution in [-0.2, 0) is 0 Å². The van der Waals surface area contributed by atoms with Crippen molar-refractivity contribution in [2.24, 2.45) is 0 Å². The molecule has 1 aromatic carbocycles. The Kier molecular flexibility index (Phi) is 2.56. The third-order valence-corrected chi connectivity index (χ3v) is 3.65. The van der Waals surface area contributed by atoms with Gasteiger partial charge in [0.15, 0.2) is 0 Å². The first-order valence-electron chi connectivity index (χ1n) is 3.65. The molecule has 0 bridgehead atoms. The van der Waals surface area contributed by atoms with E-state index in [4.69, 9.17) is 0 Å². The molecule has 0 unspecified atom stereocenters. The molecule has 0 N–H and O–H groups in total. The Morgan fingerprint density at radius 2 is 1.40 bits per heavy atom. The number of rotatable bonds is 0. The van der Waals surface area contributed by atoms with E-state index in [1.165, 1.54) is 44.6 Å². The Hall–Kier alpha value is 0.220. The van der Waals surface area contributed by atoms with Gasteiger partial charge in [0.25, 0.3) is 0 Å². The van der Waals surface area contributed by atoms with Crippen LogP contribution >= 0.6 is 0 Å². The Morgan fingerprint density at radius 3 is 1.80 bits per heavy atom. The average Bonchev–Trinajstić information content (AvgIpc) is 1.82. The molecule has 1 aromatic rings. The average molecular weight is 142 g/mol. The molecule has 0 saturated carbocycles. The summed E-state index contributed by atoms with van der Waals surface area (Å²) in [5.74, 6) is 0. The molecule has 0 spiro atoms. The van der Waals surface area contributed by atoms with E-state index in [0.717, 1.165) is 0 Å². The molecule has 0 aliphatic rings. The molecular weight excluding hydrogens is 131 g/mol. The van der Waals surface area contributed by atoms with Crippen molar-refractivity contribution in [1.29, 1.82) is 0 Å². The molecule has 0 radical (unpaired) electrons. The van der Waals surface area contributed by atoms with E-state index < -0.39 is 0 Å². The van der Waals surface area contributed by atoms with E-state index in [9.17, 15) is 0 Å². The van der Waals surface area contributed by atoms with Gasteiger partial charge in [0.1, 0.15) is 0 Å². The minimum absolute atomic E-state index is 1.18. The zero-order valence-electron chi connectivity index (χ0n) is 7.15. The fraction of sp³-hybridized carbons (Fsp3) is 0.333. The molecule has 1 rings (SSSR count). The molecule has 0 aromatic heterocycles. The van der Waals surface area contributed by atoms with Crippen LogP contribution in [0.3, 0.4) is 0 Å². The summed E-state index contributed by atoms with van der Waals surface area (Å²) in [6, 6.07) is 4.52. The van der Waals surface area contributed by atoms with Crippen molar-refractivity contribution in [2.45, 2.75) is 20.8 Å². The summed E-state index contributed by atoms with van der Waals surface area (Å²) in [5.41, 5.74) is 4.31. The fourth-order valence-corrected chi connectivity index (χ4v) is 1.54. The Balaban J connectivity index is 3.31. The molecule has 0 heterocycles. The first-order valence-corrected chi connectivity index (χ1v) is 4.65. The second kappa shape index (κ2) is 3.08. The van der Waals surface area contributed by atoms with Gasteiger partial charge in [-0.3, -0.25) is 0 Å². The van der Waals surface area contributed by atoms with E-state index in [1.807, 2.05) is 0 Å². The van der Waals surface area contributed by atoms with Crippen molar-refractivity contribution < 1.29 is 0 Å². The molecule has 48 valence electrons. The van der Waals surface area contributed by atoms with Gasteiger partial charge < -0.3 is 0 Å². The zero-order valence-corrected chi connectivity index (χ0v) is 9.15. The van der Waals surface area contributed by atoms with Crippen LogP contribution in [-0.4, -0.2) is 27.9 Å². The Labute approximate surface area is 80.1 Å². The van der Waals surface area contributed by atoms with Crippen molar-refractivity contribution >= 4 is 30.7 Å². The maximum absolute atomic E-state index is 2.26. The van der Waals surface area contributed by atoms with Crippen LogP contribution in [0.2, 0.25) is 0 Å². The third kappa shape index (κ3) is 1.63. The van der Waals surface area contributed by atoms with E-state index in [0.29, 0.717) is 0 Å². The third-order valence-electron chi connectivity index (χ3n) is 2.07. The molecule has 0 atom stereocenters. The molecule has 1 heteroatoms. The Morgan fingerprint density at radius 1 is 1.00 bits per heavy atom. The summed E-state index contributed by atoms with van der Waals surface area (Å²) in [4.78, 5) is 0. The predicted octanol–water partition coefficient (Wildman–Crippen LogP) is 1.41. The second-order valence-electron chi connectivity index (χ2n) is 3.02. The van der Waals surface area contributed by atoms with Gasteiger partial charge in [0.05, 0.1) is 0 Å². The summed E-state index contributed by atoms with van der Waals surface area (Å²) < 4.78 is 1.56. The summed E-state index contributed by atoms with van der Waals surface area (Å²) in [7, 11) is 0. The van der Waals surface area contributed by atoms with E-state index in [1.54, 1.807) is 2.81 Å². The van der Waals surface area contributed by atoms with Gasteiger partial charge in [-0.15, -0.1) is 0 Å². The van der Waals surface area contributed by atoms with Gasteiger partial charge >= 0.3 is 80.3 Å². The van der Waals surface area contributed by atoms with Crippen molar-refractivity contribution in [3.63, 3.8) is 0 Å². The van der Waals surface area contributed by atoms with Crippen LogP contribution in [0.5, 0.6) is 0 Å². The topological polar surface area (TPSA) is 0 Å². The van der Waals surface area contributed by atoms with Gasteiger partial charge in [-0.05, 0) is 0 Å². The van der Waals surface area contributed by atoms with Crippen molar-refractivity contribution in [3.05, 3.63) is 28.8 Å². The second-order valence-corrected chi connectivity index (χ2v) is 4.02. The number of benzene rings is 1. The number of aryl methyl sites for hydroxylation is 3. The molecule has 0 aliphatic heterocycles. The summed E-state index contributed by atoms with van der Waals surface area (Å²) in [6.45, 7) is 6.55. The molecule has 10 heavy (non-hydrogen) atoms. The molecule has 0 saturated heterocycles. The normalized spacial score (nSPS) is 10.1. The zero-order chi connectivity index (χ0) is 7.72. The molecule has 0 nitrogen and oxygen atoms in total. The molecular formula is C9H11Na. The summed E-state index contributed by atoms with van der Waals surface area (Å²) in [6.07, 6.45) is 0. The minimum atomic E-state index is 1.18. The predicted molar refractivity (Wildman–Crippen MR) is 46.0 cm³/mol. The molecule has 0 fully saturated rings.